The summed E-state index contributed by atoms with van der Waals surface area (Å²) < 4.78 is 16.4. The Balaban J connectivity index is 1.50. The average molecular weight is 432 g/mol. The summed E-state index contributed by atoms with van der Waals surface area (Å²) in [5.74, 6) is 0.406. The van der Waals surface area contributed by atoms with Gasteiger partial charge in [-0.1, -0.05) is 11.6 Å². The van der Waals surface area contributed by atoms with Gasteiger partial charge in [-0.05, 0) is 31.0 Å². The Morgan fingerprint density at radius 2 is 2.27 bits per heavy atom. The average Bonchev–Trinajstić information content (AvgIpc) is 3.29. The third-order valence-corrected chi connectivity index (χ3v) is 5.73. The van der Waals surface area contributed by atoms with Crippen molar-refractivity contribution in [3.8, 4) is 5.75 Å². The fourth-order valence-corrected chi connectivity index (χ4v) is 3.98. The third kappa shape index (κ3) is 3.93. The summed E-state index contributed by atoms with van der Waals surface area (Å²) in [5.41, 5.74) is 2.04. The number of benzene rings is 1. The molecule has 0 radical (unpaired) electrons. The second kappa shape index (κ2) is 8.49. The number of morpholine rings is 1. The topological polar surface area (TPSA) is 97.7 Å². The van der Waals surface area contributed by atoms with Crippen molar-refractivity contribution in [3.63, 3.8) is 0 Å². The lowest BCUT2D eigenvalue weighted by Gasteiger charge is -2.32. The zero-order valence-electron chi connectivity index (χ0n) is 16.7. The van der Waals surface area contributed by atoms with Crippen molar-refractivity contribution < 1.29 is 18.7 Å². The number of aryl methyl sites for hydroxylation is 1. The Labute approximate surface area is 177 Å². The van der Waals surface area contributed by atoms with Crippen molar-refractivity contribution in [1.29, 1.82) is 0 Å². The third-order valence-electron chi connectivity index (χ3n) is 5.44. The molecule has 30 heavy (non-hydrogen) atoms. The predicted molar refractivity (Wildman–Crippen MR) is 111 cm³/mol. The van der Waals surface area contributed by atoms with E-state index in [2.05, 4.69) is 10.2 Å². The van der Waals surface area contributed by atoms with Gasteiger partial charge >= 0.3 is 5.63 Å². The molecule has 1 unspecified atom stereocenters. The molecule has 0 spiro atoms. The second-order valence-electron chi connectivity index (χ2n) is 7.19. The van der Waals surface area contributed by atoms with Crippen LogP contribution in [0.1, 0.15) is 29.3 Å². The molecule has 4 rings (SSSR count). The summed E-state index contributed by atoms with van der Waals surface area (Å²) in [5, 5.41) is 7.98. The molecule has 0 bridgehead atoms. The van der Waals surface area contributed by atoms with Gasteiger partial charge in [0.25, 0.3) is 0 Å². The number of carbonyl (C=O) groups is 1. The Morgan fingerprint density at radius 1 is 1.43 bits per heavy atom. The molecule has 1 amide bonds. The number of halogens is 1. The number of amides is 1. The summed E-state index contributed by atoms with van der Waals surface area (Å²) in [6.45, 7) is 3.25. The fourth-order valence-electron chi connectivity index (χ4n) is 3.74. The molecule has 3 aromatic rings. The van der Waals surface area contributed by atoms with Crippen molar-refractivity contribution in [1.82, 2.24) is 15.1 Å². The SMILES string of the molecule is COc1cc2oc(=O)c(CCC(=O)N3CCOC(c4ccn[nH]4)C3)c(C)c2cc1Cl. The van der Waals surface area contributed by atoms with Crippen molar-refractivity contribution >= 4 is 28.5 Å². The number of aromatic nitrogens is 2. The highest BCUT2D eigenvalue weighted by Crippen LogP contribution is 2.32. The first-order chi connectivity index (χ1) is 14.5. The van der Waals surface area contributed by atoms with E-state index < -0.39 is 5.63 Å². The summed E-state index contributed by atoms with van der Waals surface area (Å²) in [6.07, 6.45) is 1.92. The lowest BCUT2D eigenvalue weighted by molar-refractivity contribution is -0.139. The van der Waals surface area contributed by atoms with Gasteiger partial charge in [0.05, 0.1) is 31.0 Å². The van der Waals surface area contributed by atoms with Crippen LogP contribution in [0, 0.1) is 6.92 Å². The molecule has 9 heteroatoms. The molecule has 1 aromatic carbocycles. The molecule has 1 saturated heterocycles. The number of H-pyrrole nitrogens is 1. The molecule has 8 nitrogen and oxygen atoms in total. The maximum atomic E-state index is 12.8. The summed E-state index contributed by atoms with van der Waals surface area (Å²) >= 11 is 6.23. The number of carbonyl (C=O) groups excluding carboxylic acids is 1. The second-order valence-corrected chi connectivity index (χ2v) is 7.59. The number of hydrogen-bond donors (Lipinski definition) is 1. The number of aromatic amines is 1. The minimum atomic E-state index is -0.450. The number of rotatable bonds is 5. The van der Waals surface area contributed by atoms with E-state index >= 15 is 0 Å². The van der Waals surface area contributed by atoms with E-state index in [9.17, 15) is 9.59 Å². The largest absolute Gasteiger partial charge is 0.495 e. The Bertz CT molecular complexity index is 1130. The maximum Gasteiger partial charge on any atom is 0.339 e. The van der Waals surface area contributed by atoms with Crippen LogP contribution in [-0.4, -0.2) is 47.8 Å². The molecule has 2 aromatic heterocycles. The van der Waals surface area contributed by atoms with E-state index in [-0.39, 0.29) is 18.4 Å². The van der Waals surface area contributed by atoms with E-state index in [1.807, 2.05) is 13.0 Å². The number of hydrogen-bond acceptors (Lipinski definition) is 6. The van der Waals surface area contributed by atoms with Gasteiger partial charge in [-0.3, -0.25) is 9.89 Å². The minimum Gasteiger partial charge on any atom is -0.495 e. The molecule has 1 fully saturated rings. The van der Waals surface area contributed by atoms with Crippen LogP contribution >= 0.6 is 11.6 Å². The first-order valence-electron chi connectivity index (χ1n) is 9.66. The van der Waals surface area contributed by atoms with E-state index in [1.54, 1.807) is 23.2 Å². The standard InChI is InChI=1S/C21H22ClN3O5/c1-12-13(21(27)30-17-10-18(28-2)15(22)9-14(12)17)3-4-20(26)25-7-8-29-19(11-25)16-5-6-23-24-16/h5-6,9-10,19H,3-4,7-8,11H2,1-2H3,(H,23,24). The molecule has 1 N–H and O–H groups in total. The van der Waals surface area contributed by atoms with Gasteiger partial charge in [-0.15, -0.1) is 0 Å². The van der Waals surface area contributed by atoms with Crippen LogP contribution in [0.25, 0.3) is 11.0 Å². The maximum absolute atomic E-state index is 12.8. The molecule has 1 aliphatic rings. The number of methoxy groups -OCH3 is 1. The Morgan fingerprint density at radius 3 is 3.00 bits per heavy atom. The molecule has 1 atom stereocenters. The van der Waals surface area contributed by atoms with Gasteiger partial charge in [0.2, 0.25) is 5.91 Å². The number of fused-ring (bicyclic) bond motifs is 1. The van der Waals surface area contributed by atoms with Crippen molar-refractivity contribution in [3.05, 3.63) is 56.7 Å². The highest BCUT2D eigenvalue weighted by molar-refractivity contribution is 6.32. The van der Waals surface area contributed by atoms with Crippen LogP contribution in [0.15, 0.2) is 33.6 Å². The van der Waals surface area contributed by atoms with Crippen LogP contribution in [0.3, 0.4) is 0 Å². The lowest BCUT2D eigenvalue weighted by Crippen LogP contribution is -2.42. The molecule has 0 saturated carbocycles. The van der Waals surface area contributed by atoms with Crippen molar-refractivity contribution in [2.45, 2.75) is 25.9 Å². The van der Waals surface area contributed by atoms with Gasteiger partial charge in [0.15, 0.2) is 0 Å². The summed E-state index contributed by atoms with van der Waals surface area (Å²) in [7, 11) is 1.50. The molecule has 0 aliphatic carbocycles. The summed E-state index contributed by atoms with van der Waals surface area (Å²) in [6, 6.07) is 5.16. The molecule has 3 heterocycles. The number of nitrogens with one attached hydrogen (secondary N) is 1. The van der Waals surface area contributed by atoms with Gasteiger partial charge in [-0.2, -0.15) is 5.10 Å². The van der Waals surface area contributed by atoms with E-state index in [1.165, 1.54) is 7.11 Å². The smallest absolute Gasteiger partial charge is 0.339 e. The highest BCUT2D eigenvalue weighted by atomic mass is 35.5. The van der Waals surface area contributed by atoms with Crippen LogP contribution in [0.2, 0.25) is 5.02 Å². The van der Waals surface area contributed by atoms with Gasteiger partial charge in [0, 0.05) is 36.2 Å². The predicted octanol–water partition coefficient (Wildman–Crippen LogP) is 3.02. The molecule has 1 aliphatic heterocycles. The monoisotopic (exact) mass is 431 g/mol. The van der Waals surface area contributed by atoms with Crippen LogP contribution < -0.4 is 10.4 Å². The quantitative estimate of drug-likeness (QED) is 0.623. The molecular weight excluding hydrogens is 410 g/mol. The number of nitrogens with zero attached hydrogens (tertiary/aromatic N) is 2. The summed E-state index contributed by atoms with van der Waals surface area (Å²) in [4.78, 5) is 27.1. The van der Waals surface area contributed by atoms with E-state index in [4.69, 9.17) is 25.5 Å². The van der Waals surface area contributed by atoms with Gasteiger partial charge in [0.1, 0.15) is 17.4 Å². The zero-order valence-corrected chi connectivity index (χ0v) is 17.5. The first kappa shape index (κ1) is 20.4. The first-order valence-corrected chi connectivity index (χ1v) is 10.0. The molecular formula is C21H22ClN3O5. The fraction of sp³-hybridized carbons (Fsp3) is 0.381. The highest BCUT2D eigenvalue weighted by Gasteiger charge is 2.26. The van der Waals surface area contributed by atoms with Gasteiger partial charge in [-0.25, -0.2) is 4.79 Å². The van der Waals surface area contributed by atoms with Crippen molar-refractivity contribution in [2.24, 2.45) is 0 Å². The van der Waals surface area contributed by atoms with E-state index in [0.29, 0.717) is 48.0 Å². The van der Waals surface area contributed by atoms with Crippen molar-refractivity contribution in [2.75, 3.05) is 26.8 Å². The Hall–Kier alpha value is -2.84. The minimum absolute atomic E-state index is 0.0329. The zero-order chi connectivity index (χ0) is 21.3. The number of ether oxygens (including phenoxy) is 2. The molecule has 158 valence electrons. The lowest BCUT2D eigenvalue weighted by atomic mass is 10.0. The van der Waals surface area contributed by atoms with Gasteiger partial charge < -0.3 is 18.8 Å². The van der Waals surface area contributed by atoms with E-state index in [0.717, 1.165) is 16.6 Å². The van der Waals surface area contributed by atoms with Crippen LogP contribution in [0.5, 0.6) is 5.75 Å². The van der Waals surface area contributed by atoms with Crippen LogP contribution in [0.4, 0.5) is 0 Å². The Kier molecular flexibility index (Phi) is 5.78. The normalized spacial score (nSPS) is 16.8. The van der Waals surface area contributed by atoms with Crippen LogP contribution in [-0.2, 0) is 16.0 Å².